The van der Waals surface area contributed by atoms with Crippen LogP contribution in [0.2, 0.25) is 5.02 Å². The molecule has 2 aromatic rings. The molecular formula is C10H10ClN3. The molecule has 1 N–H and O–H groups in total. The lowest BCUT2D eigenvalue weighted by Crippen LogP contribution is -1.86. The lowest BCUT2D eigenvalue weighted by molar-refractivity contribution is 1.04. The zero-order valence-corrected chi connectivity index (χ0v) is 8.76. The van der Waals surface area contributed by atoms with Crippen molar-refractivity contribution in [2.75, 3.05) is 0 Å². The Morgan fingerprint density at radius 1 is 1.29 bits per heavy atom. The van der Waals surface area contributed by atoms with E-state index in [0.29, 0.717) is 10.7 Å². The quantitative estimate of drug-likeness (QED) is 0.781. The zero-order chi connectivity index (χ0) is 10.1. The van der Waals surface area contributed by atoms with Crippen LogP contribution in [0.1, 0.15) is 11.4 Å². The summed E-state index contributed by atoms with van der Waals surface area (Å²) in [7, 11) is 0. The summed E-state index contributed by atoms with van der Waals surface area (Å²) in [6.07, 6.45) is 0. The lowest BCUT2D eigenvalue weighted by Gasteiger charge is -1.97. The van der Waals surface area contributed by atoms with Crippen LogP contribution in [-0.4, -0.2) is 15.2 Å². The van der Waals surface area contributed by atoms with E-state index in [1.165, 1.54) is 0 Å². The summed E-state index contributed by atoms with van der Waals surface area (Å²) < 4.78 is 0. The van der Waals surface area contributed by atoms with E-state index >= 15 is 0 Å². The molecule has 2 heterocycles. The van der Waals surface area contributed by atoms with Crippen molar-refractivity contribution in [2.45, 2.75) is 13.8 Å². The molecule has 0 saturated heterocycles. The molecule has 0 unspecified atom stereocenters. The second-order valence-corrected chi connectivity index (χ2v) is 3.55. The fourth-order valence-electron chi connectivity index (χ4n) is 1.26. The standard InChI is InChI=1S/C10H10ClN3/c1-6-4-3-5-8(12-6)10-9(11)7(2)13-14-10/h3-5H,1-2H3,(H,13,14). The number of hydrogen-bond donors (Lipinski definition) is 1. The van der Waals surface area contributed by atoms with Crippen molar-refractivity contribution in [2.24, 2.45) is 0 Å². The minimum absolute atomic E-state index is 0.642. The molecule has 0 radical (unpaired) electrons. The van der Waals surface area contributed by atoms with E-state index in [1.54, 1.807) is 0 Å². The Kier molecular flexibility index (Phi) is 2.25. The van der Waals surface area contributed by atoms with Crippen molar-refractivity contribution < 1.29 is 0 Å². The van der Waals surface area contributed by atoms with E-state index in [0.717, 1.165) is 17.1 Å². The molecule has 0 bridgehead atoms. The highest BCUT2D eigenvalue weighted by molar-refractivity contribution is 6.33. The minimum Gasteiger partial charge on any atom is -0.281 e. The molecule has 3 nitrogen and oxygen atoms in total. The molecule has 0 aromatic carbocycles. The van der Waals surface area contributed by atoms with Gasteiger partial charge >= 0.3 is 0 Å². The molecule has 14 heavy (non-hydrogen) atoms. The van der Waals surface area contributed by atoms with Gasteiger partial charge in [-0.3, -0.25) is 10.1 Å². The normalized spacial score (nSPS) is 10.5. The first-order valence-corrected chi connectivity index (χ1v) is 4.71. The van der Waals surface area contributed by atoms with Gasteiger partial charge in [0.15, 0.2) is 0 Å². The van der Waals surface area contributed by atoms with Gasteiger partial charge in [0.2, 0.25) is 0 Å². The fourth-order valence-corrected chi connectivity index (χ4v) is 1.44. The lowest BCUT2D eigenvalue weighted by atomic mass is 10.2. The first-order valence-electron chi connectivity index (χ1n) is 4.33. The largest absolute Gasteiger partial charge is 0.281 e. The van der Waals surface area contributed by atoms with E-state index in [4.69, 9.17) is 11.6 Å². The van der Waals surface area contributed by atoms with E-state index in [1.807, 2.05) is 32.0 Å². The van der Waals surface area contributed by atoms with Crippen LogP contribution >= 0.6 is 11.6 Å². The molecule has 0 saturated carbocycles. The second kappa shape index (κ2) is 3.42. The zero-order valence-electron chi connectivity index (χ0n) is 8.00. The maximum absolute atomic E-state index is 6.06. The third kappa shape index (κ3) is 1.51. The monoisotopic (exact) mass is 207 g/mol. The van der Waals surface area contributed by atoms with Gasteiger partial charge in [-0.05, 0) is 26.0 Å². The number of nitrogens with one attached hydrogen (secondary N) is 1. The molecule has 0 aliphatic heterocycles. The summed E-state index contributed by atoms with van der Waals surface area (Å²) >= 11 is 6.06. The highest BCUT2D eigenvalue weighted by Crippen LogP contribution is 2.26. The Morgan fingerprint density at radius 2 is 2.07 bits per heavy atom. The molecule has 0 fully saturated rings. The van der Waals surface area contributed by atoms with Gasteiger partial charge in [-0.25, -0.2) is 0 Å². The van der Waals surface area contributed by atoms with Crippen LogP contribution in [0.3, 0.4) is 0 Å². The Labute approximate surface area is 87.1 Å². The molecule has 0 aliphatic carbocycles. The SMILES string of the molecule is Cc1cccc(-c2n[nH]c(C)c2Cl)n1. The summed E-state index contributed by atoms with van der Waals surface area (Å²) in [6, 6.07) is 5.78. The first kappa shape index (κ1) is 9.21. The Balaban J connectivity index is 2.55. The molecule has 0 atom stereocenters. The second-order valence-electron chi connectivity index (χ2n) is 3.18. The van der Waals surface area contributed by atoms with Gasteiger partial charge in [-0.1, -0.05) is 17.7 Å². The maximum Gasteiger partial charge on any atom is 0.129 e. The Hall–Kier alpha value is -1.35. The van der Waals surface area contributed by atoms with Crippen molar-refractivity contribution in [1.82, 2.24) is 15.2 Å². The van der Waals surface area contributed by atoms with Gasteiger partial charge in [0.1, 0.15) is 5.69 Å². The number of aromatic amines is 1. The van der Waals surface area contributed by atoms with Crippen LogP contribution in [-0.2, 0) is 0 Å². The van der Waals surface area contributed by atoms with Crippen molar-refractivity contribution in [1.29, 1.82) is 0 Å². The van der Waals surface area contributed by atoms with Crippen molar-refractivity contribution in [3.8, 4) is 11.4 Å². The number of aryl methyl sites for hydroxylation is 2. The fraction of sp³-hybridized carbons (Fsp3) is 0.200. The van der Waals surface area contributed by atoms with Gasteiger partial charge in [0.05, 0.1) is 16.4 Å². The third-order valence-electron chi connectivity index (χ3n) is 2.00. The first-order chi connectivity index (χ1) is 6.68. The van der Waals surface area contributed by atoms with Gasteiger partial charge in [-0.2, -0.15) is 5.10 Å². The number of rotatable bonds is 1. The molecule has 72 valence electrons. The predicted molar refractivity (Wildman–Crippen MR) is 56.3 cm³/mol. The highest BCUT2D eigenvalue weighted by atomic mass is 35.5. The summed E-state index contributed by atoms with van der Waals surface area (Å²) in [5, 5.41) is 7.58. The van der Waals surface area contributed by atoms with E-state index in [9.17, 15) is 0 Å². The van der Waals surface area contributed by atoms with Crippen LogP contribution in [0.5, 0.6) is 0 Å². The van der Waals surface area contributed by atoms with Crippen LogP contribution < -0.4 is 0 Å². The van der Waals surface area contributed by atoms with E-state index in [-0.39, 0.29) is 0 Å². The van der Waals surface area contributed by atoms with Gasteiger partial charge < -0.3 is 0 Å². The molecule has 0 amide bonds. The Morgan fingerprint density at radius 3 is 2.64 bits per heavy atom. The smallest absolute Gasteiger partial charge is 0.129 e. The van der Waals surface area contributed by atoms with E-state index in [2.05, 4.69) is 15.2 Å². The molecule has 2 rings (SSSR count). The third-order valence-corrected chi connectivity index (χ3v) is 2.47. The molecule has 4 heteroatoms. The minimum atomic E-state index is 0.642. The van der Waals surface area contributed by atoms with Gasteiger partial charge in [-0.15, -0.1) is 0 Å². The molecule has 0 spiro atoms. The van der Waals surface area contributed by atoms with E-state index < -0.39 is 0 Å². The Bertz CT molecular complexity index is 462. The van der Waals surface area contributed by atoms with Crippen molar-refractivity contribution in [3.63, 3.8) is 0 Å². The number of H-pyrrole nitrogens is 1. The topological polar surface area (TPSA) is 41.6 Å². The van der Waals surface area contributed by atoms with Crippen molar-refractivity contribution in [3.05, 3.63) is 34.6 Å². The average Bonchev–Trinajstić information content (AvgIpc) is 2.48. The van der Waals surface area contributed by atoms with Crippen LogP contribution in [0.25, 0.3) is 11.4 Å². The summed E-state index contributed by atoms with van der Waals surface area (Å²) in [6.45, 7) is 3.82. The number of halogens is 1. The van der Waals surface area contributed by atoms with Crippen LogP contribution in [0, 0.1) is 13.8 Å². The van der Waals surface area contributed by atoms with Crippen molar-refractivity contribution >= 4 is 11.6 Å². The molecular weight excluding hydrogens is 198 g/mol. The van der Waals surface area contributed by atoms with Crippen LogP contribution in [0.4, 0.5) is 0 Å². The highest BCUT2D eigenvalue weighted by Gasteiger charge is 2.10. The maximum atomic E-state index is 6.06. The predicted octanol–water partition coefficient (Wildman–Crippen LogP) is 2.74. The number of hydrogen-bond acceptors (Lipinski definition) is 2. The summed E-state index contributed by atoms with van der Waals surface area (Å²) in [5.74, 6) is 0. The number of aromatic nitrogens is 3. The molecule has 2 aromatic heterocycles. The average molecular weight is 208 g/mol. The number of nitrogens with zero attached hydrogens (tertiary/aromatic N) is 2. The molecule has 0 aliphatic rings. The summed E-state index contributed by atoms with van der Waals surface area (Å²) in [4.78, 5) is 4.35. The number of pyridine rings is 1. The van der Waals surface area contributed by atoms with Gasteiger partial charge in [0, 0.05) is 5.69 Å². The van der Waals surface area contributed by atoms with Gasteiger partial charge in [0.25, 0.3) is 0 Å². The van der Waals surface area contributed by atoms with Crippen LogP contribution in [0.15, 0.2) is 18.2 Å². The summed E-state index contributed by atoms with van der Waals surface area (Å²) in [5.41, 5.74) is 3.34.